The number of hydrogen-bond acceptors (Lipinski definition) is 3. The normalized spacial score (nSPS) is 17.0. The van der Waals surface area contributed by atoms with E-state index in [4.69, 9.17) is 0 Å². The minimum Gasteiger partial charge on any atom is -0.338 e. The number of carbonyl (C=O) groups excluding carboxylic acids is 1. The predicted molar refractivity (Wildman–Crippen MR) is 110 cm³/mol. The summed E-state index contributed by atoms with van der Waals surface area (Å²) in [4.78, 5) is 19.7. The number of benzene rings is 2. The molecule has 1 aliphatic heterocycles. The lowest BCUT2D eigenvalue weighted by Gasteiger charge is -2.32. The number of amides is 1. The molecule has 1 saturated heterocycles. The highest BCUT2D eigenvalue weighted by atomic mass is 32.1. The smallest absolute Gasteiger partial charge is 0.254 e. The Bertz CT molecular complexity index is 876. The first-order valence-electron chi connectivity index (χ1n) is 9.62. The molecule has 1 fully saturated rings. The second kappa shape index (κ2) is 8.49. The second-order valence-corrected chi connectivity index (χ2v) is 8.03. The fourth-order valence-corrected chi connectivity index (χ4v) is 4.61. The molecule has 2 aromatic carbocycles. The van der Waals surface area contributed by atoms with E-state index in [1.165, 1.54) is 5.56 Å². The number of rotatable bonds is 5. The van der Waals surface area contributed by atoms with Gasteiger partial charge in [-0.15, -0.1) is 11.3 Å². The van der Waals surface area contributed by atoms with E-state index in [0.717, 1.165) is 54.9 Å². The van der Waals surface area contributed by atoms with Crippen molar-refractivity contribution in [1.29, 1.82) is 0 Å². The molecular formula is C23H24N2OS. The topological polar surface area (TPSA) is 33.2 Å². The van der Waals surface area contributed by atoms with Gasteiger partial charge in [-0.05, 0) is 42.9 Å². The molecule has 0 bridgehead atoms. The molecular weight excluding hydrogens is 352 g/mol. The molecule has 1 atom stereocenters. The number of likely N-dealkylation sites (tertiary alicyclic amines) is 1. The van der Waals surface area contributed by atoms with Crippen molar-refractivity contribution in [3.63, 3.8) is 0 Å². The molecule has 0 aliphatic carbocycles. The largest absolute Gasteiger partial charge is 0.338 e. The summed E-state index contributed by atoms with van der Waals surface area (Å²) in [5.41, 5.74) is 3.30. The van der Waals surface area contributed by atoms with E-state index in [0.29, 0.717) is 5.92 Å². The van der Waals surface area contributed by atoms with Crippen LogP contribution < -0.4 is 0 Å². The van der Waals surface area contributed by atoms with Gasteiger partial charge in [-0.2, -0.15) is 0 Å². The zero-order valence-corrected chi connectivity index (χ0v) is 16.2. The van der Waals surface area contributed by atoms with Gasteiger partial charge in [-0.3, -0.25) is 4.79 Å². The summed E-state index contributed by atoms with van der Waals surface area (Å²) >= 11 is 1.70. The molecule has 2 heterocycles. The highest BCUT2D eigenvalue weighted by Crippen LogP contribution is 2.29. The van der Waals surface area contributed by atoms with Crippen molar-refractivity contribution in [2.45, 2.75) is 31.6 Å². The molecule has 0 spiro atoms. The van der Waals surface area contributed by atoms with Crippen molar-refractivity contribution in [3.05, 3.63) is 87.9 Å². The highest BCUT2D eigenvalue weighted by Gasteiger charge is 2.27. The van der Waals surface area contributed by atoms with Crippen LogP contribution in [0.25, 0.3) is 0 Å². The van der Waals surface area contributed by atoms with E-state index in [1.807, 2.05) is 40.7 Å². The zero-order chi connectivity index (χ0) is 18.5. The molecule has 4 heteroatoms. The number of nitrogens with zero attached hydrogens (tertiary/aromatic N) is 2. The molecule has 1 unspecified atom stereocenters. The Morgan fingerprint density at radius 3 is 2.70 bits per heavy atom. The van der Waals surface area contributed by atoms with Gasteiger partial charge in [0.25, 0.3) is 5.91 Å². The maximum Gasteiger partial charge on any atom is 0.254 e. The van der Waals surface area contributed by atoms with Crippen LogP contribution in [0.3, 0.4) is 0 Å². The molecule has 4 rings (SSSR count). The first kappa shape index (κ1) is 17.9. The van der Waals surface area contributed by atoms with E-state index in [9.17, 15) is 4.79 Å². The molecule has 27 heavy (non-hydrogen) atoms. The molecule has 138 valence electrons. The van der Waals surface area contributed by atoms with Crippen LogP contribution in [-0.2, 0) is 12.8 Å². The fourth-order valence-electron chi connectivity index (χ4n) is 3.84. The van der Waals surface area contributed by atoms with Crippen molar-refractivity contribution >= 4 is 17.2 Å². The summed E-state index contributed by atoms with van der Waals surface area (Å²) in [7, 11) is 0. The lowest BCUT2D eigenvalue weighted by atomic mass is 9.95. The monoisotopic (exact) mass is 376 g/mol. The molecule has 0 saturated carbocycles. The lowest BCUT2D eigenvalue weighted by Crippen LogP contribution is -2.39. The number of aryl methyl sites for hydroxylation is 2. The van der Waals surface area contributed by atoms with Gasteiger partial charge in [0.1, 0.15) is 0 Å². The number of piperidine rings is 1. The van der Waals surface area contributed by atoms with Gasteiger partial charge in [-0.25, -0.2) is 4.98 Å². The van der Waals surface area contributed by atoms with Crippen molar-refractivity contribution in [1.82, 2.24) is 9.88 Å². The maximum absolute atomic E-state index is 13.3. The van der Waals surface area contributed by atoms with Crippen LogP contribution in [0.5, 0.6) is 0 Å². The summed E-state index contributed by atoms with van der Waals surface area (Å²) in [5, 5.41) is 3.18. The molecule has 0 N–H and O–H groups in total. The summed E-state index contributed by atoms with van der Waals surface area (Å²) in [6.07, 6.45) is 5.86. The predicted octanol–water partition coefficient (Wildman–Crippen LogP) is 4.95. The van der Waals surface area contributed by atoms with E-state index in [1.54, 1.807) is 11.3 Å². The van der Waals surface area contributed by atoms with Gasteiger partial charge in [0.05, 0.1) is 5.01 Å². The molecule has 1 aromatic heterocycles. The summed E-state index contributed by atoms with van der Waals surface area (Å²) in [6, 6.07) is 18.6. The minimum atomic E-state index is 0.167. The summed E-state index contributed by atoms with van der Waals surface area (Å²) in [5.74, 6) is 0.541. The Kier molecular flexibility index (Phi) is 5.64. The summed E-state index contributed by atoms with van der Waals surface area (Å²) < 4.78 is 0. The molecule has 1 aliphatic rings. The van der Waals surface area contributed by atoms with Crippen molar-refractivity contribution in [2.24, 2.45) is 0 Å². The van der Waals surface area contributed by atoms with Crippen LogP contribution in [0.4, 0.5) is 0 Å². The Morgan fingerprint density at radius 2 is 1.89 bits per heavy atom. The molecule has 3 aromatic rings. The lowest BCUT2D eigenvalue weighted by molar-refractivity contribution is 0.0706. The Labute approximate surface area is 164 Å². The Morgan fingerprint density at radius 1 is 1.07 bits per heavy atom. The van der Waals surface area contributed by atoms with E-state index < -0.39 is 0 Å². The molecule has 1 amide bonds. The van der Waals surface area contributed by atoms with Crippen LogP contribution in [0.15, 0.2) is 66.2 Å². The third-order valence-corrected chi connectivity index (χ3v) is 6.22. The van der Waals surface area contributed by atoms with Crippen LogP contribution in [0.1, 0.15) is 45.3 Å². The van der Waals surface area contributed by atoms with E-state index in [2.05, 4.69) is 35.3 Å². The number of hydrogen-bond donors (Lipinski definition) is 0. The third kappa shape index (κ3) is 4.28. The first-order chi connectivity index (χ1) is 13.3. The van der Waals surface area contributed by atoms with Gasteiger partial charge >= 0.3 is 0 Å². The van der Waals surface area contributed by atoms with Crippen LogP contribution in [-0.4, -0.2) is 28.9 Å². The second-order valence-electron chi connectivity index (χ2n) is 7.10. The van der Waals surface area contributed by atoms with Crippen LogP contribution >= 0.6 is 11.3 Å². The average Bonchev–Trinajstić information content (AvgIpc) is 3.28. The number of thiazole rings is 1. The van der Waals surface area contributed by atoms with Gasteiger partial charge in [0.15, 0.2) is 0 Å². The van der Waals surface area contributed by atoms with Crippen molar-refractivity contribution < 1.29 is 4.79 Å². The summed E-state index contributed by atoms with van der Waals surface area (Å²) in [6.45, 7) is 1.62. The van der Waals surface area contributed by atoms with Gasteiger partial charge in [-0.1, -0.05) is 48.5 Å². The molecule has 3 nitrogen and oxygen atoms in total. The van der Waals surface area contributed by atoms with E-state index >= 15 is 0 Å². The third-order valence-electron chi connectivity index (χ3n) is 5.28. The number of carbonyl (C=O) groups is 1. The SMILES string of the molecule is O=C(c1ccccc1CCc1ccccc1)N1CCCC(c2nccs2)C1. The Balaban J connectivity index is 1.48. The van der Waals surface area contributed by atoms with Gasteiger partial charge in [0.2, 0.25) is 0 Å². The minimum absolute atomic E-state index is 0.167. The van der Waals surface area contributed by atoms with Crippen LogP contribution in [0.2, 0.25) is 0 Å². The zero-order valence-electron chi connectivity index (χ0n) is 15.4. The fraction of sp³-hybridized carbons (Fsp3) is 0.304. The maximum atomic E-state index is 13.3. The van der Waals surface area contributed by atoms with Gasteiger partial charge < -0.3 is 4.90 Å². The van der Waals surface area contributed by atoms with Crippen molar-refractivity contribution in [2.75, 3.05) is 13.1 Å². The number of aromatic nitrogens is 1. The van der Waals surface area contributed by atoms with Crippen LogP contribution in [0, 0.1) is 0 Å². The Hall–Kier alpha value is -2.46. The van der Waals surface area contributed by atoms with Gasteiger partial charge in [0, 0.05) is 36.1 Å². The van der Waals surface area contributed by atoms with Crippen molar-refractivity contribution in [3.8, 4) is 0 Å². The molecule has 0 radical (unpaired) electrons. The highest BCUT2D eigenvalue weighted by molar-refractivity contribution is 7.09. The first-order valence-corrected chi connectivity index (χ1v) is 10.5. The average molecular weight is 377 g/mol. The standard InChI is InChI=1S/C23H24N2OS/c26-23(25-15-6-10-20(17-25)22-24-14-16-27-22)21-11-5-4-9-19(21)13-12-18-7-2-1-3-8-18/h1-5,7-9,11,14,16,20H,6,10,12-13,15,17H2. The van der Waals surface area contributed by atoms with E-state index in [-0.39, 0.29) is 5.91 Å². The quantitative estimate of drug-likeness (QED) is 0.631.